The van der Waals surface area contributed by atoms with Gasteiger partial charge in [-0.15, -0.1) is 0 Å². The number of halogens is 1. The lowest BCUT2D eigenvalue weighted by Gasteiger charge is -2.33. The van der Waals surface area contributed by atoms with Crippen LogP contribution in [-0.2, 0) is 4.74 Å². The van der Waals surface area contributed by atoms with Gasteiger partial charge in [-0.1, -0.05) is 12.1 Å². The summed E-state index contributed by atoms with van der Waals surface area (Å²) >= 11 is 0. The van der Waals surface area contributed by atoms with E-state index in [4.69, 9.17) is 14.5 Å². The normalized spacial score (nSPS) is 15.0. The summed E-state index contributed by atoms with van der Waals surface area (Å²) in [7, 11) is 1.48. The molecule has 0 unspecified atom stereocenters. The molecule has 0 aliphatic carbocycles. The van der Waals surface area contributed by atoms with Gasteiger partial charge in [0, 0.05) is 35.1 Å². The average molecular weight is 490 g/mol. The average Bonchev–Trinajstić information content (AvgIpc) is 3.23. The monoisotopic (exact) mass is 489 g/mol. The number of pyridine rings is 1. The summed E-state index contributed by atoms with van der Waals surface area (Å²) in [6.07, 6.45) is 1.54. The van der Waals surface area contributed by atoms with E-state index in [1.54, 1.807) is 4.90 Å². The van der Waals surface area contributed by atoms with Crippen LogP contribution in [0.3, 0.4) is 0 Å². The van der Waals surface area contributed by atoms with Gasteiger partial charge in [0.15, 0.2) is 11.6 Å². The van der Waals surface area contributed by atoms with Gasteiger partial charge in [0.25, 0.3) is 0 Å². The molecular formula is C29H32FN3O3. The maximum absolute atomic E-state index is 15.1. The van der Waals surface area contributed by atoms with Crippen molar-refractivity contribution in [3.05, 3.63) is 59.5 Å². The van der Waals surface area contributed by atoms with Crippen LogP contribution < -0.4 is 4.74 Å². The fraction of sp³-hybridized carbons (Fsp3) is 0.379. The molecule has 1 aliphatic heterocycles. The molecule has 0 radical (unpaired) electrons. The van der Waals surface area contributed by atoms with Crippen molar-refractivity contribution >= 4 is 27.9 Å². The van der Waals surface area contributed by atoms with E-state index in [1.165, 1.54) is 12.7 Å². The minimum Gasteiger partial charge on any atom is -0.493 e. The molecule has 2 aromatic heterocycles. The van der Waals surface area contributed by atoms with Gasteiger partial charge in [-0.2, -0.15) is 0 Å². The number of ether oxygens (including phenoxy) is 2. The van der Waals surface area contributed by atoms with Gasteiger partial charge in [0.05, 0.1) is 23.8 Å². The lowest BCUT2D eigenvalue weighted by molar-refractivity contribution is 0.0205. The molecule has 6 nitrogen and oxygen atoms in total. The van der Waals surface area contributed by atoms with E-state index < -0.39 is 11.4 Å². The molecule has 0 atom stereocenters. The van der Waals surface area contributed by atoms with Gasteiger partial charge in [-0.3, -0.25) is 0 Å². The predicted octanol–water partition coefficient (Wildman–Crippen LogP) is 6.95. The summed E-state index contributed by atoms with van der Waals surface area (Å²) < 4.78 is 26.1. The zero-order valence-electron chi connectivity index (χ0n) is 21.4. The van der Waals surface area contributed by atoms with Crippen LogP contribution in [0.15, 0.2) is 42.5 Å². The molecule has 1 aliphatic rings. The molecule has 7 heteroatoms. The Morgan fingerprint density at radius 1 is 1.08 bits per heavy atom. The molecule has 1 saturated heterocycles. The Kier molecular flexibility index (Phi) is 6.10. The molecule has 5 rings (SSSR count). The van der Waals surface area contributed by atoms with Crippen molar-refractivity contribution in [3.63, 3.8) is 0 Å². The molecule has 0 spiro atoms. The Hall–Kier alpha value is -3.61. The summed E-state index contributed by atoms with van der Waals surface area (Å²) in [5.74, 6) is 0.152. The standard InChI is InChI=1S/C29H32FN3O3/c1-17-14-21-16-22(27(35-5)25(30)26(21)31-17)24-9-7-20-15-19(6-8-23(20)32-24)18-10-12-33(13-11-18)28(34)36-29(2,3)4/h6-9,14-16,18,31H,10-13H2,1-5H3. The largest absolute Gasteiger partial charge is 0.493 e. The van der Waals surface area contributed by atoms with Crippen LogP contribution >= 0.6 is 0 Å². The highest BCUT2D eigenvalue weighted by atomic mass is 19.1. The zero-order chi connectivity index (χ0) is 25.6. The van der Waals surface area contributed by atoms with Gasteiger partial charge < -0.3 is 19.4 Å². The van der Waals surface area contributed by atoms with E-state index in [9.17, 15) is 4.79 Å². The third kappa shape index (κ3) is 4.62. The van der Waals surface area contributed by atoms with Crippen LogP contribution in [0.25, 0.3) is 33.1 Å². The molecule has 1 fully saturated rings. The van der Waals surface area contributed by atoms with Crippen molar-refractivity contribution in [3.8, 4) is 17.0 Å². The van der Waals surface area contributed by atoms with Gasteiger partial charge in [0.1, 0.15) is 5.60 Å². The predicted molar refractivity (Wildman–Crippen MR) is 140 cm³/mol. The Morgan fingerprint density at radius 3 is 2.53 bits per heavy atom. The number of likely N-dealkylation sites (tertiary alicyclic amines) is 1. The lowest BCUT2D eigenvalue weighted by atomic mass is 9.89. The fourth-order valence-electron chi connectivity index (χ4n) is 5.02. The highest BCUT2D eigenvalue weighted by Gasteiger charge is 2.27. The first kappa shape index (κ1) is 24.1. The minimum absolute atomic E-state index is 0.185. The van der Waals surface area contributed by atoms with Gasteiger partial charge in [0.2, 0.25) is 0 Å². The van der Waals surface area contributed by atoms with Gasteiger partial charge in [-0.25, -0.2) is 14.2 Å². The van der Waals surface area contributed by atoms with Crippen molar-refractivity contribution in [1.29, 1.82) is 0 Å². The second-order valence-corrected chi connectivity index (χ2v) is 10.6. The number of hydrogen-bond acceptors (Lipinski definition) is 4. The molecule has 36 heavy (non-hydrogen) atoms. The highest BCUT2D eigenvalue weighted by molar-refractivity contribution is 5.91. The number of hydrogen-bond donors (Lipinski definition) is 1. The van der Waals surface area contributed by atoms with Crippen molar-refractivity contribution in [2.45, 2.75) is 52.1 Å². The second kappa shape index (κ2) is 9.12. The van der Waals surface area contributed by atoms with Crippen LogP contribution in [-0.4, -0.2) is 46.8 Å². The number of amides is 1. The van der Waals surface area contributed by atoms with E-state index in [0.717, 1.165) is 34.8 Å². The van der Waals surface area contributed by atoms with E-state index in [1.807, 2.05) is 58.0 Å². The van der Waals surface area contributed by atoms with Gasteiger partial charge in [-0.05, 0) is 82.3 Å². The number of piperidine rings is 1. The number of benzene rings is 2. The molecule has 2 aromatic carbocycles. The van der Waals surface area contributed by atoms with E-state index in [-0.39, 0.29) is 11.8 Å². The SMILES string of the molecule is COc1c(-c2ccc3cc(C4CCN(C(=O)OC(C)(C)C)CC4)ccc3n2)cc2cc(C)[nH]c2c1F. The third-order valence-electron chi connectivity index (χ3n) is 6.76. The summed E-state index contributed by atoms with van der Waals surface area (Å²) in [6.45, 7) is 8.93. The summed E-state index contributed by atoms with van der Waals surface area (Å²) in [6, 6.07) is 14.1. The van der Waals surface area contributed by atoms with Crippen molar-refractivity contribution < 1.29 is 18.7 Å². The second-order valence-electron chi connectivity index (χ2n) is 10.6. The van der Waals surface area contributed by atoms with Crippen LogP contribution in [0.4, 0.5) is 9.18 Å². The molecule has 0 saturated carbocycles. The third-order valence-corrected chi connectivity index (χ3v) is 6.76. The highest BCUT2D eigenvalue weighted by Crippen LogP contribution is 2.38. The summed E-state index contributed by atoms with van der Waals surface area (Å²) in [4.78, 5) is 22.1. The smallest absolute Gasteiger partial charge is 0.410 e. The van der Waals surface area contributed by atoms with E-state index in [2.05, 4.69) is 17.1 Å². The fourth-order valence-corrected chi connectivity index (χ4v) is 5.02. The number of nitrogens with zero attached hydrogens (tertiary/aromatic N) is 2. The van der Waals surface area contributed by atoms with Crippen molar-refractivity contribution in [1.82, 2.24) is 14.9 Å². The molecule has 188 valence electrons. The van der Waals surface area contributed by atoms with E-state index in [0.29, 0.717) is 35.8 Å². The minimum atomic E-state index is -0.486. The number of carbonyl (C=O) groups is 1. The van der Waals surface area contributed by atoms with Crippen molar-refractivity contribution in [2.75, 3.05) is 20.2 Å². The van der Waals surface area contributed by atoms with Crippen LogP contribution in [0.2, 0.25) is 0 Å². The maximum Gasteiger partial charge on any atom is 0.410 e. The van der Waals surface area contributed by atoms with Crippen LogP contribution in [0, 0.1) is 12.7 Å². The summed E-state index contributed by atoms with van der Waals surface area (Å²) in [5.41, 5.74) is 4.22. The molecule has 1 N–H and O–H groups in total. The van der Waals surface area contributed by atoms with Gasteiger partial charge >= 0.3 is 6.09 Å². The maximum atomic E-state index is 15.1. The quantitative estimate of drug-likeness (QED) is 0.338. The first-order valence-corrected chi connectivity index (χ1v) is 12.4. The topological polar surface area (TPSA) is 67.4 Å². The molecule has 1 amide bonds. The number of aromatic nitrogens is 2. The number of fused-ring (bicyclic) bond motifs is 2. The first-order valence-electron chi connectivity index (χ1n) is 12.4. The number of rotatable bonds is 3. The lowest BCUT2D eigenvalue weighted by Crippen LogP contribution is -2.41. The Balaban J connectivity index is 1.38. The Bertz CT molecular complexity index is 1450. The Labute approximate surface area is 210 Å². The number of carbonyl (C=O) groups excluding carboxylic acids is 1. The number of aromatic amines is 1. The number of nitrogens with one attached hydrogen (secondary N) is 1. The van der Waals surface area contributed by atoms with Crippen LogP contribution in [0.1, 0.15) is 50.8 Å². The van der Waals surface area contributed by atoms with Crippen molar-refractivity contribution in [2.24, 2.45) is 0 Å². The Morgan fingerprint density at radius 2 is 1.83 bits per heavy atom. The first-order chi connectivity index (χ1) is 17.1. The molecule has 4 aromatic rings. The molecule has 0 bridgehead atoms. The summed E-state index contributed by atoms with van der Waals surface area (Å²) in [5, 5.41) is 1.82. The number of methoxy groups -OCH3 is 1. The number of aryl methyl sites for hydroxylation is 1. The molecule has 3 heterocycles. The zero-order valence-corrected chi connectivity index (χ0v) is 21.4. The number of H-pyrrole nitrogens is 1. The van der Waals surface area contributed by atoms with E-state index >= 15 is 4.39 Å². The molecular weight excluding hydrogens is 457 g/mol. The van der Waals surface area contributed by atoms with Crippen LogP contribution in [0.5, 0.6) is 5.75 Å².